The van der Waals surface area contributed by atoms with Crippen molar-refractivity contribution < 1.29 is 23.6 Å². The number of nitrogens with one attached hydrogen (secondary N) is 2. The largest absolute Gasteiger partial charge is 0.450 e. The van der Waals surface area contributed by atoms with Crippen LogP contribution in [0.2, 0.25) is 0 Å². The third-order valence-corrected chi connectivity index (χ3v) is 5.95. The second-order valence-electron chi connectivity index (χ2n) is 8.40. The Balaban J connectivity index is 1.99. The van der Waals surface area contributed by atoms with Crippen molar-refractivity contribution in [2.45, 2.75) is 40.2 Å². The Hall–Kier alpha value is -4.13. The third kappa shape index (κ3) is 5.40. The Bertz CT molecular complexity index is 1390. The van der Waals surface area contributed by atoms with E-state index < -0.39 is 12.2 Å². The number of nitrogens with zero attached hydrogens (tertiary/aromatic N) is 1. The van der Waals surface area contributed by atoms with Crippen LogP contribution in [0, 0.1) is 0 Å². The molecule has 0 aliphatic heterocycles. The summed E-state index contributed by atoms with van der Waals surface area (Å²) in [5, 5.41) is 8.79. The van der Waals surface area contributed by atoms with Gasteiger partial charge in [-0.2, -0.15) is 4.57 Å². The second-order valence-corrected chi connectivity index (χ2v) is 8.40. The molecule has 36 heavy (non-hydrogen) atoms. The zero-order valence-electron chi connectivity index (χ0n) is 21.0. The van der Waals surface area contributed by atoms with Gasteiger partial charge in [-0.15, -0.1) is 0 Å². The van der Waals surface area contributed by atoms with Crippen LogP contribution in [0.15, 0.2) is 66.7 Å². The minimum atomic E-state index is -0.479. The fourth-order valence-electron chi connectivity index (χ4n) is 4.41. The maximum Gasteiger partial charge on any atom is 0.411 e. The van der Waals surface area contributed by atoms with Crippen LogP contribution in [-0.4, -0.2) is 25.4 Å². The van der Waals surface area contributed by atoms with Gasteiger partial charge in [-0.3, -0.25) is 10.6 Å². The molecule has 0 fully saturated rings. The van der Waals surface area contributed by atoms with E-state index in [1.54, 1.807) is 13.8 Å². The maximum absolute atomic E-state index is 12.1. The number of rotatable bonds is 8. The first-order valence-corrected chi connectivity index (χ1v) is 12.4. The van der Waals surface area contributed by atoms with Gasteiger partial charge in [0, 0.05) is 29.1 Å². The average Bonchev–Trinajstić information content (AvgIpc) is 2.87. The van der Waals surface area contributed by atoms with Crippen LogP contribution >= 0.6 is 0 Å². The third-order valence-electron chi connectivity index (χ3n) is 5.95. The first-order valence-electron chi connectivity index (χ1n) is 12.4. The molecule has 0 saturated heterocycles. The smallest absolute Gasteiger partial charge is 0.411 e. The summed E-state index contributed by atoms with van der Waals surface area (Å²) < 4.78 is 12.5. The second kappa shape index (κ2) is 11.5. The first kappa shape index (κ1) is 25.0. The summed E-state index contributed by atoms with van der Waals surface area (Å²) in [6.45, 7) is 7.13. The molecule has 1 aromatic heterocycles. The molecule has 0 atom stereocenters. The monoisotopic (exact) mass is 486 g/mol. The Morgan fingerprint density at radius 1 is 0.750 bits per heavy atom. The zero-order valence-corrected chi connectivity index (χ0v) is 21.0. The van der Waals surface area contributed by atoms with Gasteiger partial charge >= 0.3 is 12.2 Å². The van der Waals surface area contributed by atoms with Crippen molar-refractivity contribution in [2.24, 2.45) is 0 Å². The van der Waals surface area contributed by atoms with E-state index in [0.717, 1.165) is 52.3 Å². The average molecular weight is 487 g/mol. The van der Waals surface area contributed by atoms with Gasteiger partial charge in [-0.25, -0.2) is 9.59 Å². The Labute approximate surface area is 211 Å². The summed E-state index contributed by atoms with van der Waals surface area (Å²) >= 11 is 0. The normalized spacial score (nSPS) is 10.9. The molecule has 2 amide bonds. The van der Waals surface area contributed by atoms with E-state index >= 15 is 0 Å². The van der Waals surface area contributed by atoms with Crippen molar-refractivity contribution in [1.82, 2.24) is 0 Å². The van der Waals surface area contributed by atoms with Gasteiger partial charge in [0.2, 0.25) is 11.2 Å². The number of carbonyl (C=O) groups excluding carboxylic acids is 2. The molecule has 0 radical (unpaired) electrons. The van der Waals surface area contributed by atoms with Gasteiger partial charge in [-0.1, -0.05) is 37.6 Å². The lowest BCUT2D eigenvalue weighted by molar-refractivity contribution is -0.659. The lowest BCUT2D eigenvalue weighted by Crippen LogP contribution is -2.37. The summed E-state index contributed by atoms with van der Waals surface area (Å²) in [7, 11) is 0. The highest BCUT2D eigenvalue weighted by Crippen LogP contribution is 2.34. The number of aryl methyl sites for hydroxylation is 1. The molecule has 1 heterocycles. The molecule has 7 heteroatoms. The molecule has 0 bridgehead atoms. The molecule has 4 aromatic rings. The number of anilines is 2. The fraction of sp³-hybridized carbons (Fsp3) is 0.276. The number of carbonyl (C=O) groups is 2. The van der Waals surface area contributed by atoms with Crippen LogP contribution in [-0.2, 0) is 16.0 Å². The van der Waals surface area contributed by atoms with E-state index in [0.29, 0.717) is 24.6 Å². The van der Waals surface area contributed by atoms with Crippen LogP contribution in [0.4, 0.5) is 21.0 Å². The van der Waals surface area contributed by atoms with Crippen molar-refractivity contribution in [2.75, 3.05) is 23.8 Å². The molecule has 0 spiro atoms. The number of fused-ring (bicyclic) bond motifs is 3. The molecular weight excluding hydrogens is 454 g/mol. The lowest BCUT2D eigenvalue weighted by atomic mass is 9.98. The van der Waals surface area contributed by atoms with Gasteiger partial charge in [-0.05, 0) is 50.2 Å². The summed E-state index contributed by atoms with van der Waals surface area (Å²) in [5.41, 5.74) is 4.46. The quantitative estimate of drug-likeness (QED) is 0.210. The van der Waals surface area contributed by atoms with E-state index in [2.05, 4.69) is 34.3 Å². The summed E-state index contributed by atoms with van der Waals surface area (Å²) in [5.74, 6) is 0. The van der Waals surface area contributed by atoms with E-state index in [1.165, 1.54) is 0 Å². The zero-order chi connectivity index (χ0) is 25.5. The van der Waals surface area contributed by atoms with Crippen LogP contribution in [0.3, 0.4) is 0 Å². The van der Waals surface area contributed by atoms with Gasteiger partial charge in [0.05, 0.1) is 29.7 Å². The molecule has 2 N–H and O–H groups in total. The first-order chi connectivity index (χ1) is 17.5. The van der Waals surface area contributed by atoms with Crippen molar-refractivity contribution in [1.29, 1.82) is 0 Å². The fourth-order valence-corrected chi connectivity index (χ4v) is 4.41. The Morgan fingerprint density at radius 3 is 1.97 bits per heavy atom. The summed E-state index contributed by atoms with van der Waals surface area (Å²) in [6, 6.07) is 22.0. The number of pyridine rings is 1. The van der Waals surface area contributed by atoms with E-state index in [-0.39, 0.29) is 0 Å². The highest BCUT2D eigenvalue weighted by Gasteiger charge is 2.24. The minimum Gasteiger partial charge on any atom is -0.450 e. The van der Waals surface area contributed by atoms with Crippen molar-refractivity contribution >= 4 is 45.2 Å². The van der Waals surface area contributed by atoms with Gasteiger partial charge in [0.25, 0.3) is 0 Å². The van der Waals surface area contributed by atoms with Crippen molar-refractivity contribution in [3.8, 4) is 11.3 Å². The Morgan fingerprint density at radius 2 is 1.36 bits per heavy atom. The van der Waals surface area contributed by atoms with Gasteiger partial charge in [0.1, 0.15) is 6.54 Å². The maximum atomic E-state index is 12.1. The van der Waals surface area contributed by atoms with Gasteiger partial charge < -0.3 is 9.47 Å². The predicted molar refractivity (Wildman–Crippen MR) is 143 cm³/mol. The molecule has 186 valence electrons. The van der Waals surface area contributed by atoms with Crippen LogP contribution in [0.1, 0.15) is 33.6 Å². The molecule has 0 saturated carbocycles. The van der Waals surface area contributed by atoms with Crippen LogP contribution in [0.5, 0.6) is 0 Å². The number of aromatic nitrogens is 1. The predicted octanol–water partition coefficient (Wildman–Crippen LogP) is 6.88. The number of benzene rings is 3. The minimum absolute atomic E-state index is 0.304. The molecule has 4 rings (SSSR count). The van der Waals surface area contributed by atoms with Crippen LogP contribution < -0.4 is 15.2 Å². The molecular formula is C29H32N3O4+. The highest BCUT2D eigenvalue weighted by molar-refractivity contribution is 6.11. The number of hydrogen-bond donors (Lipinski definition) is 2. The van der Waals surface area contributed by atoms with Crippen LogP contribution in [0.25, 0.3) is 32.9 Å². The molecule has 0 aliphatic rings. The van der Waals surface area contributed by atoms with Crippen molar-refractivity contribution in [3.05, 3.63) is 66.7 Å². The van der Waals surface area contributed by atoms with E-state index in [1.807, 2.05) is 54.6 Å². The number of ether oxygens (including phenoxy) is 2. The number of amides is 2. The van der Waals surface area contributed by atoms with E-state index in [9.17, 15) is 9.59 Å². The van der Waals surface area contributed by atoms with Gasteiger partial charge in [0.15, 0.2) is 0 Å². The molecule has 0 unspecified atom stereocenters. The molecule has 3 aromatic carbocycles. The SMILES string of the molecule is CCCC[n+]1c(-c2ccccc2)c2cc(NC(=O)OCC)ccc2c2ccc(NC(=O)OCC)cc21. The standard InChI is InChI=1S/C29H31N3O4/c1-4-7-17-32-26-19-22(31-29(34)36-6-3)14-16-24(26)23-15-13-21(30-28(33)35-5-2)18-25(23)27(32)20-11-9-8-10-12-20/h8-16,18-19H,4-7,17H2,1-3H3,(H,30,33)/p+1. The lowest BCUT2D eigenvalue weighted by Gasteiger charge is -2.15. The summed E-state index contributed by atoms with van der Waals surface area (Å²) in [6.07, 6.45) is 1.07. The highest BCUT2D eigenvalue weighted by atomic mass is 16.6. The topological polar surface area (TPSA) is 80.5 Å². The number of unbranched alkanes of at least 4 members (excludes halogenated alkanes) is 1. The molecule has 0 aliphatic carbocycles. The van der Waals surface area contributed by atoms with E-state index in [4.69, 9.17) is 9.47 Å². The Kier molecular flexibility index (Phi) is 8.00. The molecule has 7 nitrogen and oxygen atoms in total. The summed E-state index contributed by atoms with van der Waals surface area (Å²) in [4.78, 5) is 24.2. The number of hydrogen-bond acceptors (Lipinski definition) is 4. The van der Waals surface area contributed by atoms with Crippen molar-refractivity contribution in [3.63, 3.8) is 0 Å².